The summed E-state index contributed by atoms with van der Waals surface area (Å²) in [5.41, 5.74) is 0. The lowest BCUT2D eigenvalue weighted by Crippen LogP contribution is -2.51. The summed E-state index contributed by atoms with van der Waals surface area (Å²) in [5, 5.41) is 8.97. The van der Waals surface area contributed by atoms with Gasteiger partial charge in [0.05, 0.1) is 6.42 Å². The van der Waals surface area contributed by atoms with Gasteiger partial charge in [0.25, 0.3) is 0 Å². The highest BCUT2D eigenvalue weighted by Gasteiger charge is 2.31. The molecule has 2 saturated heterocycles. The number of urea groups is 1. The number of hydrogen-bond acceptors (Lipinski definition) is 3. The fourth-order valence-corrected chi connectivity index (χ4v) is 3.67. The van der Waals surface area contributed by atoms with Crippen LogP contribution in [0.4, 0.5) is 4.79 Å². The van der Waals surface area contributed by atoms with Crippen LogP contribution in [0.1, 0.15) is 32.1 Å². The Morgan fingerprint density at radius 3 is 2.74 bits per heavy atom. The fourth-order valence-electron chi connectivity index (χ4n) is 2.79. The third kappa shape index (κ3) is 4.03. The molecule has 2 aliphatic heterocycles. The second kappa shape index (κ2) is 7.03. The molecular weight excluding hydrogens is 264 g/mol. The molecule has 0 aromatic carbocycles. The van der Waals surface area contributed by atoms with E-state index in [-0.39, 0.29) is 18.5 Å². The zero-order valence-corrected chi connectivity index (χ0v) is 12.0. The molecular formula is C13H22N2O3S. The summed E-state index contributed by atoms with van der Waals surface area (Å²) in [7, 11) is 0. The van der Waals surface area contributed by atoms with E-state index in [2.05, 4.69) is 0 Å². The van der Waals surface area contributed by atoms with Gasteiger partial charge in [-0.25, -0.2) is 4.79 Å². The molecule has 2 rings (SSSR count). The highest BCUT2D eigenvalue weighted by atomic mass is 32.2. The Kier molecular flexibility index (Phi) is 5.36. The number of rotatable bonds is 2. The maximum absolute atomic E-state index is 12.5. The molecule has 1 unspecified atom stereocenters. The molecule has 108 valence electrons. The van der Waals surface area contributed by atoms with Gasteiger partial charge in [-0.05, 0) is 31.4 Å². The maximum Gasteiger partial charge on any atom is 0.320 e. The van der Waals surface area contributed by atoms with Crippen molar-refractivity contribution in [3.63, 3.8) is 0 Å². The second-order valence-electron chi connectivity index (χ2n) is 5.18. The Bertz CT molecular complexity index is 330. The lowest BCUT2D eigenvalue weighted by atomic mass is 10.00. The number of carboxylic acids is 1. The Morgan fingerprint density at radius 1 is 1.11 bits per heavy atom. The summed E-state index contributed by atoms with van der Waals surface area (Å²) in [6.07, 6.45) is 3.95. The zero-order valence-electron chi connectivity index (χ0n) is 11.2. The number of aliphatic carboxylic acids is 1. The van der Waals surface area contributed by atoms with E-state index in [0.717, 1.165) is 50.3 Å². The van der Waals surface area contributed by atoms with Crippen molar-refractivity contribution in [1.82, 2.24) is 9.80 Å². The first-order valence-electron chi connectivity index (χ1n) is 7.03. The van der Waals surface area contributed by atoms with Crippen LogP contribution in [0.5, 0.6) is 0 Å². The summed E-state index contributed by atoms with van der Waals surface area (Å²) in [6, 6.07) is -0.0666. The van der Waals surface area contributed by atoms with Crippen molar-refractivity contribution >= 4 is 23.8 Å². The first kappa shape index (κ1) is 14.5. The van der Waals surface area contributed by atoms with Crippen molar-refractivity contribution in [2.24, 2.45) is 0 Å². The van der Waals surface area contributed by atoms with Crippen LogP contribution in [-0.4, -0.2) is 64.1 Å². The molecule has 0 radical (unpaired) electrons. The predicted molar refractivity (Wildman–Crippen MR) is 75.5 cm³/mol. The number of piperidine rings is 1. The minimum absolute atomic E-state index is 0.0495. The summed E-state index contributed by atoms with van der Waals surface area (Å²) >= 11 is 1.89. The van der Waals surface area contributed by atoms with Crippen LogP contribution in [0.2, 0.25) is 0 Å². The molecule has 0 aromatic rings. The number of carbonyl (C=O) groups is 2. The van der Waals surface area contributed by atoms with Crippen molar-refractivity contribution in [2.45, 2.75) is 38.1 Å². The van der Waals surface area contributed by atoms with Gasteiger partial charge in [-0.1, -0.05) is 0 Å². The number of likely N-dealkylation sites (tertiary alicyclic amines) is 1. The predicted octanol–water partition coefficient (Wildman–Crippen LogP) is 1.87. The molecule has 0 aliphatic carbocycles. The van der Waals surface area contributed by atoms with E-state index >= 15 is 0 Å². The van der Waals surface area contributed by atoms with Gasteiger partial charge in [-0.2, -0.15) is 11.8 Å². The third-order valence-corrected chi connectivity index (χ3v) is 4.82. The average molecular weight is 286 g/mol. The molecule has 0 bridgehead atoms. The number of nitrogens with zero attached hydrogens (tertiary/aromatic N) is 2. The van der Waals surface area contributed by atoms with Gasteiger partial charge in [0.15, 0.2) is 0 Å². The maximum atomic E-state index is 12.5. The van der Waals surface area contributed by atoms with E-state index in [1.54, 1.807) is 4.90 Å². The van der Waals surface area contributed by atoms with E-state index in [0.29, 0.717) is 6.54 Å². The molecule has 2 fully saturated rings. The Morgan fingerprint density at radius 2 is 1.95 bits per heavy atom. The number of amides is 2. The topological polar surface area (TPSA) is 60.9 Å². The van der Waals surface area contributed by atoms with Crippen LogP contribution >= 0.6 is 11.8 Å². The number of carbonyl (C=O) groups excluding carboxylic acids is 1. The Hall–Kier alpha value is -0.910. The smallest absolute Gasteiger partial charge is 0.320 e. The van der Waals surface area contributed by atoms with E-state index in [4.69, 9.17) is 5.11 Å². The number of carboxylic acid groups (broad SMARTS) is 1. The highest BCUT2D eigenvalue weighted by molar-refractivity contribution is 7.99. The van der Waals surface area contributed by atoms with Gasteiger partial charge in [0, 0.05) is 31.4 Å². The van der Waals surface area contributed by atoms with Crippen molar-refractivity contribution in [3.8, 4) is 0 Å². The van der Waals surface area contributed by atoms with E-state index in [1.165, 1.54) is 0 Å². The molecule has 0 spiro atoms. The van der Waals surface area contributed by atoms with E-state index in [1.807, 2.05) is 16.7 Å². The molecule has 1 atom stereocenters. The van der Waals surface area contributed by atoms with Gasteiger partial charge < -0.3 is 14.9 Å². The molecule has 2 aliphatic rings. The fraction of sp³-hybridized carbons (Fsp3) is 0.846. The number of hydrogen-bond donors (Lipinski definition) is 1. The van der Waals surface area contributed by atoms with Crippen molar-refractivity contribution < 1.29 is 14.7 Å². The molecule has 19 heavy (non-hydrogen) atoms. The van der Waals surface area contributed by atoms with E-state index < -0.39 is 5.97 Å². The largest absolute Gasteiger partial charge is 0.481 e. The molecule has 6 heteroatoms. The lowest BCUT2D eigenvalue weighted by molar-refractivity contribution is -0.138. The van der Waals surface area contributed by atoms with Crippen molar-refractivity contribution in [3.05, 3.63) is 0 Å². The molecule has 0 saturated carbocycles. The third-order valence-electron chi connectivity index (χ3n) is 3.78. The quantitative estimate of drug-likeness (QED) is 0.842. The molecule has 0 aromatic heterocycles. The minimum Gasteiger partial charge on any atom is -0.481 e. The average Bonchev–Trinajstić information content (AvgIpc) is 2.67. The van der Waals surface area contributed by atoms with Crippen LogP contribution in [0, 0.1) is 0 Å². The lowest BCUT2D eigenvalue weighted by Gasteiger charge is -2.38. The minimum atomic E-state index is -0.809. The monoisotopic (exact) mass is 286 g/mol. The standard InChI is InChI=1S/C13H22N2O3S/c16-12(17)10-11-4-1-2-6-15(11)13(18)14-5-3-8-19-9-7-14/h11H,1-10H2,(H,16,17). The Balaban J connectivity index is 1.99. The van der Waals surface area contributed by atoms with E-state index in [9.17, 15) is 9.59 Å². The van der Waals surface area contributed by atoms with Crippen LogP contribution in [0.3, 0.4) is 0 Å². The van der Waals surface area contributed by atoms with Gasteiger partial charge >= 0.3 is 12.0 Å². The summed E-state index contributed by atoms with van der Waals surface area (Å²) in [5.74, 6) is 1.29. The molecule has 1 N–H and O–H groups in total. The van der Waals surface area contributed by atoms with Gasteiger partial charge in [-0.15, -0.1) is 0 Å². The molecule has 2 amide bonds. The molecule has 5 nitrogen and oxygen atoms in total. The SMILES string of the molecule is O=C(O)CC1CCCCN1C(=O)N1CCCSCC1. The van der Waals surface area contributed by atoms with Crippen LogP contribution in [0.15, 0.2) is 0 Å². The van der Waals surface area contributed by atoms with Crippen LogP contribution in [0.25, 0.3) is 0 Å². The summed E-state index contributed by atoms with van der Waals surface area (Å²) in [4.78, 5) is 27.2. The summed E-state index contributed by atoms with van der Waals surface area (Å²) in [6.45, 7) is 2.31. The van der Waals surface area contributed by atoms with Crippen molar-refractivity contribution in [1.29, 1.82) is 0 Å². The first-order chi connectivity index (χ1) is 9.18. The van der Waals surface area contributed by atoms with Crippen LogP contribution < -0.4 is 0 Å². The molecule has 2 heterocycles. The van der Waals surface area contributed by atoms with Gasteiger partial charge in [0.1, 0.15) is 0 Å². The summed E-state index contributed by atoms with van der Waals surface area (Å²) < 4.78 is 0. The van der Waals surface area contributed by atoms with Crippen molar-refractivity contribution in [2.75, 3.05) is 31.1 Å². The number of thioether (sulfide) groups is 1. The second-order valence-corrected chi connectivity index (χ2v) is 6.40. The van der Waals surface area contributed by atoms with Gasteiger partial charge in [-0.3, -0.25) is 4.79 Å². The van der Waals surface area contributed by atoms with Gasteiger partial charge in [0.2, 0.25) is 0 Å². The zero-order chi connectivity index (χ0) is 13.7. The highest BCUT2D eigenvalue weighted by Crippen LogP contribution is 2.22. The first-order valence-corrected chi connectivity index (χ1v) is 8.19. The van der Waals surface area contributed by atoms with Crippen LogP contribution in [-0.2, 0) is 4.79 Å². The Labute approximate surface area is 118 Å². The normalized spacial score (nSPS) is 24.9.